The van der Waals surface area contributed by atoms with Crippen LogP contribution in [0.5, 0.6) is 0 Å². The fraction of sp³-hybridized carbons (Fsp3) is 0.611. The van der Waals surface area contributed by atoms with Crippen LogP contribution in [-0.4, -0.2) is 35.9 Å². The highest BCUT2D eigenvalue weighted by atomic mass is 16.5. The molecule has 0 bridgehead atoms. The highest BCUT2D eigenvalue weighted by Gasteiger charge is 2.32. The summed E-state index contributed by atoms with van der Waals surface area (Å²) in [6.07, 6.45) is 4.05. The summed E-state index contributed by atoms with van der Waals surface area (Å²) in [5.74, 6) is -0.458. The van der Waals surface area contributed by atoms with E-state index in [1.807, 2.05) is 13.8 Å². The minimum Gasteiger partial charge on any atom is -0.378 e. The van der Waals surface area contributed by atoms with Gasteiger partial charge in [0.2, 0.25) is 0 Å². The van der Waals surface area contributed by atoms with Crippen molar-refractivity contribution in [1.29, 1.82) is 0 Å². The topological polar surface area (TPSA) is 88.3 Å². The number of fused-ring (bicyclic) bond motifs is 1. The summed E-state index contributed by atoms with van der Waals surface area (Å²) in [7, 11) is 0. The Hall–Kier alpha value is -1.95. The monoisotopic (exact) mass is 332 g/mol. The molecule has 0 aromatic carbocycles. The van der Waals surface area contributed by atoms with E-state index in [0.717, 1.165) is 25.9 Å². The molecule has 1 fully saturated rings. The lowest BCUT2D eigenvalue weighted by Gasteiger charge is -2.29. The predicted molar refractivity (Wildman–Crippen MR) is 89.4 cm³/mol. The molecule has 3 rings (SSSR count). The highest BCUT2D eigenvalue weighted by Crippen LogP contribution is 2.33. The van der Waals surface area contributed by atoms with Gasteiger partial charge in [-0.3, -0.25) is 14.4 Å². The number of rotatable bonds is 4. The van der Waals surface area contributed by atoms with Crippen LogP contribution in [0.15, 0.2) is 10.9 Å². The van der Waals surface area contributed by atoms with Crippen molar-refractivity contribution in [2.75, 3.05) is 13.2 Å². The molecule has 2 aliphatic rings. The molecule has 1 aromatic heterocycles. The van der Waals surface area contributed by atoms with Crippen molar-refractivity contribution in [3.63, 3.8) is 0 Å². The second-order valence-electron chi connectivity index (χ2n) is 7.52. The van der Waals surface area contributed by atoms with Gasteiger partial charge in [-0.2, -0.15) is 0 Å². The number of ether oxygens (including phenoxy) is 1. The average molecular weight is 332 g/mol. The number of H-pyrrole nitrogens is 1. The van der Waals surface area contributed by atoms with Gasteiger partial charge < -0.3 is 15.0 Å². The third-order valence-corrected chi connectivity index (χ3v) is 4.74. The number of nitrogens with one attached hydrogen (secondary N) is 2. The van der Waals surface area contributed by atoms with Crippen molar-refractivity contribution in [3.05, 3.63) is 33.2 Å². The van der Waals surface area contributed by atoms with Gasteiger partial charge in [-0.15, -0.1) is 0 Å². The van der Waals surface area contributed by atoms with Gasteiger partial charge in [0.25, 0.3) is 11.5 Å². The van der Waals surface area contributed by atoms with Crippen molar-refractivity contribution in [2.45, 2.75) is 52.1 Å². The number of aromatic nitrogens is 1. The summed E-state index contributed by atoms with van der Waals surface area (Å²) in [4.78, 5) is 39.5. The first kappa shape index (κ1) is 16.9. The number of pyridine rings is 1. The van der Waals surface area contributed by atoms with Crippen LogP contribution < -0.4 is 10.9 Å². The lowest BCUT2D eigenvalue weighted by molar-refractivity contribution is 0.0906. The Morgan fingerprint density at radius 3 is 2.88 bits per heavy atom. The molecular formula is C18H24N2O4. The first-order valence-corrected chi connectivity index (χ1v) is 8.55. The van der Waals surface area contributed by atoms with E-state index in [-0.39, 0.29) is 22.9 Å². The number of Topliss-reactive ketones (excluding diaryl/α,β-unsaturated/α-hetero) is 1. The molecule has 0 saturated carbocycles. The number of hydrogen-bond donors (Lipinski definition) is 2. The summed E-state index contributed by atoms with van der Waals surface area (Å²) in [5.41, 5.74) is 0.510. The van der Waals surface area contributed by atoms with Crippen LogP contribution in [0, 0.1) is 5.41 Å². The highest BCUT2D eigenvalue weighted by molar-refractivity contribution is 6.02. The van der Waals surface area contributed by atoms with Gasteiger partial charge >= 0.3 is 0 Å². The quantitative estimate of drug-likeness (QED) is 0.880. The number of hydrogen-bond acceptors (Lipinski definition) is 4. The molecule has 0 unspecified atom stereocenters. The van der Waals surface area contributed by atoms with E-state index in [4.69, 9.17) is 4.74 Å². The smallest absolute Gasteiger partial charge is 0.261 e. The minimum absolute atomic E-state index is 0.00847. The van der Waals surface area contributed by atoms with E-state index in [9.17, 15) is 14.4 Å². The summed E-state index contributed by atoms with van der Waals surface area (Å²) in [5, 5.41) is 2.75. The van der Waals surface area contributed by atoms with Gasteiger partial charge in [-0.1, -0.05) is 13.8 Å². The molecule has 1 aliphatic heterocycles. The Morgan fingerprint density at radius 1 is 1.38 bits per heavy atom. The predicted octanol–water partition coefficient (Wildman–Crippen LogP) is 1.83. The van der Waals surface area contributed by atoms with E-state index in [2.05, 4.69) is 10.3 Å². The number of aromatic amines is 1. The van der Waals surface area contributed by atoms with Gasteiger partial charge in [0, 0.05) is 30.8 Å². The van der Waals surface area contributed by atoms with E-state index in [0.29, 0.717) is 30.6 Å². The normalized spacial score (nSPS) is 22.2. The van der Waals surface area contributed by atoms with E-state index < -0.39 is 11.5 Å². The maximum atomic E-state index is 12.3. The fourth-order valence-corrected chi connectivity index (χ4v) is 3.51. The van der Waals surface area contributed by atoms with Crippen molar-refractivity contribution in [1.82, 2.24) is 10.3 Å². The maximum Gasteiger partial charge on any atom is 0.261 e. The zero-order valence-electron chi connectivity index (χ0n) is 14.2. The van der Waals surface area contributed by atoms with Crippen molar-refractivity contribution < 1.29 is 14.3 Å². The maximum absolute atomic E-state index is 12.3. The van der Waals surface area contributed by atoms with Crippen LogP contribution in [0.4, 0.5) is 0 Å². The zero-order valence-corrected chi connectivity index (χ0v) is 14.2. The average Bonchev–Trinajstić information content (AvgIpc) is 2.98. The van der Waals surface area contributed by atoms with Crippen molar-refractivity contribution in [2.24, 2.45) is 5.41 Å². The van der Waals surface area contributed by atoms with Crippen LogP contribution in [0.1, 0.15) is 65.9 Å². The first-order valence-electron chi connectivity index (χ1n) is 8.55. The standard InChI is InChI=1S/C18H24N2O4/c1-18(2)9-14-12(15(21)10-18)8-13(17(23)20-14)16(22)19-6-5-11-4-3-7-24-11/h8,11H,3-7,9-10H2,1-2H3,(H,19,22)(H,20,23)/t11-/m1/s1. The number of ketones is 1. The largest absolute Gasteiger partial charge is 0.378 e. The molecule has 1 atom stereocenters. The summed E-state index contributed by atoms with van der Waals surface area (Å²) >= 11 is 0. The number of amides is 1. The van der Waals surface area contributed by atoms with Gasteiger partial charge in [0.1, 0.15) is 5.56 Å². The van der Waals surface area contributed by atoms with Gasteiger partial charge in [0.15, 0.2) is 5.78 Å². The van der Waals surface area contributed by atoms with Crippen LogP contribution in [0.2, 0.25) is 0 Å². The second-order valence-corrected chi connectivity index (χ2v) is 7.52. The molecule has 1 aromatic rings. The number of carbonyl (C=O) groups excluding carboxylic acids is 2. The van der Waals surface area contributed by atoms with Crippen LogP contribution in [-0.2, 0) is 11.2 Å². The lowest BCUT2D eigenvalue weighted by atomic mass is 9.75. The van der Waals surface area contributed by atoms with Crippen LogP contribution >= 0.6 is 0 Å². The fourth-order valence-electron chi connectivity index (χ4n) is 3.51. The molecule has 24 heavy (non-hydrogen) atoms. The molecule has 2 heterocycles. The van der Waals surface area contributed by atoms with Gasteiger partial charge in [-0.25, -0.2) is 0 Å². The molecule has 130 valence electrons. The lowest BCUT2D eigenvalue weighted by Crippen LogP contribution is -2.35. The zero-order chi connectivity index (χ0) is 17.3. The van der Waals surface area contributed by atoms with Crippen molar-refractivity contribution in [3.8, 4) is 0 Å². The Morgan fingerprint density at radius 2 is 2.17 bits per heavy atom. The molecule has 6 heteroatoms. The molecule has 1 saturated heterocycles. The van der Waals surface area contributed by atoms with Crippen LogP contribution in [0.3, 0.4) is 0 Å². The van der Waals surface area contributed by atoms with Crippen molar-refractivity contribution >= 4 is 11.7 Å². The molecule has 1 aliphatic carbocycles. The second kappa shape index (κ2) is 6.51. The number of carbonyl (C=O) groups is 2. The van der Waals surface area contributed by atoms with E-state index in [1.54, 1.807) is 0 Å². The Labute approximate surface area is 141 Å². The molecular weight excluding hydrogens is 308 g/mol. The molecule has 2 N–H and O–H groups in total. The SMILES string of the molecule is CC1(C)CC(=O)c2cc(C(=O)NCC[C@H]3CCCO3)c(=O)[nH]c2C1. The third-order valence-electron chi connectivity index (χ3n) is 4.74. The van der Waals surface area contributed by atoms with Crippen LogP contribution in [0.25, 0.3) is 0 Å². The van der Waals surface area contributed by atoms with Gasteiger partial charge in [-0.05, 0) is 37.2 Å². The Kier molecular flexibility index (Phi) is 4.58. The Balaban J connectivity index is 1.72. The molecule has 0 spiro atoms. The minimum atomic E-state index is -0.436. The summed E-state index contributed by atoms with van der Waals surface area (Å²) in [6, 6.07) is 1.45. The van der Waals surface area contributed by atoms with E-state index >= 15 is 0 Å². The van der Waals surface area contributed by atoms with E-state index in [1.165, 1.54) is 6.07 Å². The Bertz CT molecular complexity index is 714. The first-order chi connectivity index (χ1) is 11.4. The summed E-state index contributed by atoms with van der Waals surface area (Å²) < 4.78 is 5.51. The molecule has 6 nitrogen and oxygen atoms in total. The summed E-state index contributed by atoms with van der Waals surface area (Å²) in [6.45, 7) is 5.23. The van der Waals surface area contributed by atoms with Gasteiger partial charge in [0.05, 0.1) is 6.10 Å². The third kappa shape index (κ3) is 3.59. The molecule has 1 amide bonds. The molecule has 0 radical (unpaired) electrons.